The Hall–Kier alpha value is -1.22. The van der Waals surface area contributed by atoms with E-state index in [0.717, 1.165) is 17.0 Å². The molecule has 0 spiro atoms. The Kier molecular flexibility index (Phi) is 1.87. The summed E-state index contributed by atoms with van der Waals surface area (Å²) in [6.45, 7) is 1.87. The normalized spacial score (nSPS) is 16.0. The van der Waals surface area contributed by atoms with Gasteiger partial charge in [-0.25, -0.2) is 0 Å². The SMILES string of the molecule is Nc1ccc2c(c1)COCCO2. The number of nitrogens with two attached hydrogens (primary N) is 1. The second-order valence-electron chi connectivity index (χ2n) is 2.77. The van der Waals surface area contributed by atoms with Crippen LogP contribution >= 0.6 is 0 Å². The van der Waals surface area contributed by atoms with Gasteiger partial charge in [-0.1, -0.05) is 0 Å². The number of hydrogen-bond acceptors (Lipinski definition) is 3. The third-order valence-corrected chi connectivity index (χ3v) is 1.83. The molecule has 0 unspecified atom stereocenters. The average molecular weight is 165 g/mol. The monoisotopic (exact) mass is 165 g/mol. The summed E-state index contributed by atoms with van der Waals surface area (Å²) >= 11 is 0. The number of hydrogen-bond donors (Lipinski definition) is 1. The molecule has 2 N–H and O–H groups in total. The third kappa shape index (κ3) is 1.36. The van der Waals surface area contributed by atoms with Crippen LogP contribution in [0.5, 0.6) is 5.75 Å². The van der Waals surface area contributed by atoms with Crippen LogP contribution in [0.3, 0.4) is 0 Å². The molecule has 1 aliphatic heterocycles. The van der Waals surface area contributed by atoms with Crippen LogP contribution in [0.15, 0.2) is 18.2 Å². The fourth-order valence-corrected chi connectivity index (χ4v) is 1.25. The minimum Gasteiger partial charge on any atom is -0.491 e. The maximum Gasteiger partial charge on any atom is 0.125 e. The number of benzene rings is 1. The van der Waals surface area contributed by atoms with Crippen LogP contribution in [-0.2, 0) is 11.3 Å². The molecule has 1 aliphatic rings. The van der Waals surface area contributed by atoms with Gasteiger partial charge in [0.2, 0.25) is 0 Å². The molecule has 0 radical (unpaired) electrons. The van der Waals surface area contributed by atoms with E-state index in [9.17, 15) is 0 Å². The molecule has 0 fully saturated rings. The van der Waals surface area contributed by atoms with Crippen LogP contribution in [-0.4, -0.2) is 13.2 Å². The molecule has 0 aromatic heterocycles. The zero-order valence-electron chi connectivity index (χ0n) is 6.75. The summed E-state index contributed by atoms with van der Waals surface area (Å²) in [5.74, 6) is 0.890. The Morgan fingerprint density at radius 2 is 2.17 bits per heavy atom. The quantitative estimate of drug-likeness (QED) is 0.587. The van der Waals surface area contributed by atoms with Gasteiger partial charge in [0.15, 0.2) is 0 Å². The summed E-state index contributed by atoms with van der Waals surface area (Å²) in [5.41, 5.74) is 7.41. The lowest BCUT2D eigenvalue weighted by atomic mass is 10.2. The van der Waals surface area contributed by atoms with Gasteiger partial charge in [0.05, 0.1) is 13.2 Å². The van der Waals surface area contributed by atoms with E-state index in [4.69, 9.17) is 15.2 Å². The van der Waals surface area contributed by atoms with Crippen LogP contribution in [0.25, 0.3) is 0 Å². The van der Waals surface area contributed by atoms with E-state index >= 15 is 0 Å². The number of rotatable bonds is 0. The highest BCUT2D eigenvalue weighted by molar-refractivity contribution is 5.47. The Morgan fingerprint density at radius 1 is 1.25 bits per heavy atom. The highest BCUT2D eigenvalue weighted by Gasteiger charge is 2.08. The van der Waals surface area contributed by atoms with E-state index in [2.05, 4.69) is 0 Å². The molecule has 0 amide bonds. The van der Waals surface area contributed by atoms with Gasteiger partial charge in [-0.15, -0.1) is 0 Å². The summed E-state index contributed by atoms with van der Waals surface area (Å²) in [6, 6.07) is 5.62. The van der Waals surface area contributed by atoms with Crippen LogP contribution in [0.1, 0.15) is 5.56 Å². The number of fused-ring (bicyclic) bond motifs is 1. The Labute approximate surface area is 71.1 Å². The first kappa shape index (κ1) is 7.43. The molecule has 0 saturated carbocycles. The Morgan fingerprint density at radius 3 is 3.08 bits per heavy atom. The molecule has 0 saturated heterocycles. The van der Waals surface area contributed by atoms with Crippen molar-refractivity contribution in [2.45, 2.75) is 6.61 Å². The number of anilines is 1. The number of ether oxygens (including phenoxy) is 2. The van der Waals surface area contributed by atoms with Crippen molar-refractivity contribution in [2.24, 2.45) is 0 Å². The third-order valence-electron chi connectivity index (χ3n) is 1.83. The van der Waals surface area contributed by atoms with Gasteiger partial charge in [0.1, 0.15) is 12.4 Å². The Balaban J connectivity index is 2.36. The van der Waals surface area contributed by atoms with Crippen LogP contribution < -0.4 is 10.5 Å². The fraction of sp³-hybridized carbons (Fsp3) is 0.333. The second kappa shape index (κ2) is 3.03. The topological polar surface area (TPSA) is 44.5 Å². The van der Waals surface area contributed by atoms with Gasteiger partial charge in [0.25, 0.3) is 0 Å². The average Bonchev–Trinajstić information content (AvgIpc) is 2.28. The van der Waals surface area contributed by atoms with Crippen molar-refractivity contribution in [3.63, 3.8) is 0 Å². The van der Waals surface area contributed by atoms with Crippen LogP contribution in [0.2, 0.25) is 0 Å². The summed E-state index contributed by atoms with van der Waals surface area (Å²) in [7, 11) is 0. The maximum atomic E-state index is 5.62. The molecule has 3 heteroatoms. The molecule has 12 heavy (non-hydrogen) atoms. The van der Waals surface area contributed by atoms with Gasteiger partial charge in [-0.2, -0.15) is 0 Å². The van der Waals surface area contributed by atoms with Gasteiger partial charge in [-0.05, 0) is 18.2 Å². The minimum atomic E-state index is 0.598. The van der Waals surface area contributed by atoms with E-state index in [1.807, 2.05) is 18.2 Å². The highest BCUT2D eigenvalue weighted by Crippen LogP contribution is 2.23. The first-order valence-corrected chi connectivity index (χ1v) is 3.95. The van der Waals surface area contributed by atoms with E-state index in [1.165, 1.54) is 0 Å². The van der Waals surface area contributed by atoms with E-state index in [-0.39, 0.29) is 0 Å². The van der Waals surface area contributed by atoms with E-state index in [0.29, 0.717) is 19.8 Å². The summed E-state index contributed by atoms with van der Waals surface area (Å²) in [6.07, 6.45) is 0. The largest absolute Gasteiger partial charge is 0.491 e. The van der Waals surface area contributed by atoms with Crippen molar-refractivity contribution in [1.29, 1.82) is 0 Å². The molecule has 1 aromatic carbocycles. The van der Waals surface area contributed by atoms with Gasteiger partial charge < -0.3 is 15.2 Å². The molecule has 1 aromatic rings. The van der Waals surface area contributed by atoms with Crippen LogP contribution in [0, 0.1) is 0 Å². The molecular formula is C9H11NO2. The van der Waals surface area contributed by atoms with E-state index < -0.39 is 0 Å². The predicted molar refractivity (Wildman–Crippen MR) is 46.0 cm³/mol. The van der Waals surface area contributed by atoms with Gasteiger partial charge in [0, 0.05) is 11.3 Å². The van der Waals surface area contributed by atoms with Crippen molar-refractivity contribution >= 4 is 5.69 Å². The molecule has 0 atom stereocenters. The molecule has 64 valence electrons. The molecule has 2 rings (SSSR count). The lowest BCUT2D eigenvalue weighted by Gasteiger charge is -2.05. The van der Waals surface area contributed by atoms with Crippen molar-refractivity contribution in [3.8, 4) is 5.75 Å². The molecular weight excluding hydrogens is 154 g/mol. The van der Waals surface area contributed by atoms with Crippen molar-refractivity contribution in [2.75, 3.05) is 18.9 Å². The lowest BCUT2D eigenvalue weighted by molar-refractivity contribution is 0.107. The summed E-state index contributed by atoms with van der Waals surface area (Å²) in [4.78, 5) is 0. The summed E-state index contributed by atoms with van der Waals surface area (Å²) in [5, 5.41) is 0. The zero-order valence-corrected chi connectivity index (χ0v) is 6.75. The van der Waals surface area contributed by atoms with Crippen molar-refractivity contribution < 1.29 is 9.47 Å². The molecule has 0 bridgehead atoms. The smallest absolute Gasteiger partial charge is 0.125 e. The molecule has 0 aliphatic carbocycles. The second-order valence-corrected chi connectivity index (χ2v) is 2.77. The minimum absolute atomic E-state index is 0.598. The number of nitrogen functional groups attached to an aromatic ring is 1. The van der Waals surface area contributed by atoms with Gasteiger partial charge >= 0.3 is 0 Å². The Bertz CT molecular complexity index is 286. The standard InChI is InChI=1S/C9H11NO2/c10-8-1-2-9-7(5-8)6-11-3-4-12-9/h1-2,5H,3-4,6,10H2. The maximum absolute atomic E-state index is 5.62. The lowest BCUT2D eigenvalue weighted by Crippen LogP contribution is -2.00. The van der Waals surface area contributed by atoms with Crippen molar-refractivity contribution in [1.82, 2.24) is 0 Å². The molecule has 3 nitrogen and oxygen atoms in total. The predicted octanol–water partition coefficient (Wildman–Crippen LogP) is 1.18. The first-order valence-electron chi connectivity index (χ1n) is 3.95. The molecule has 1 heterocycles. The van der Waals surface area contributed by atoms with Crippen LogP contribution in [0.4, 0.5) is 5.69 Å². The first-order chi connectivity index (χ1) is 5.86. The summed E-state index contributed by atoms with van der Waals surface area (Å²) < 4.78 is 10.7. The fourth-order valence-electron chi connectivity index (χ4n) is 1.25. The van der Waals surface area contributed by atoms with Gasteiger partial charge in [-0.3, -0.25) is 0 Å². The van der Waals surface area contributed by atoms with Crippen molar-refractivity contribution in [3.05, 3.63) is 23.8 Å². The highest BCUT2D eigenvalue weighted by atomic mass is 16.5. The zero-order chi connectivity index (χ0) is 8.39. The van der Waals surface area contributed by atoms with E-state index in [1.54, 1.807) is 0 Å².